The van der Waals surface area contributed by atoms with Gasteiger partial charge in [0.05, 0.1) is 38.5 Å². The smallest absolute Gasteiger partial charge is 0.408 e. The predicted molar refractivity (Wildman–Crippen MR) is 178 cm³/mol. The fourth-order valence-electron chi connectivity index (χ4n) is 5.50. The molecule has 4 rings (SSSR count). The first-order valence-corrected chi connectivity index (χ1v) is 17.6. The number of thioether (sulfide) groups is 1. The molecule has 0 heterocycles. The second-order valence-corrected chi connectivity index (χ2v) is 13.2. The van der Waals surface area contributed by atoms with Crippen molar-refractivity contribution in [2.24, 2.45) is 0 Å². The highest BCUT2D eigenvalue weighted by molar-refractivity contribution is 7.98. The normalized spacial score (nSPS) is 15.1. The molecule has 0 aliphatic heterocycles. The van der Waals surface area contributed by atoms with Gasteiger partial charge in [-0.3, -0.25) is 13.8 Å². The predicted octanol–water partition coefficient (Wildman–Crippen LogP) is 4.22. The second-order valence-electron chi connectivity index (χ2n) is 10.7. The van der Waals surface area contributed by atoms with Crippen LogP contribution in [0.4, 0.5) is 4.79 Å². The number of carbonyl (C=O) groups excluding carboxylic acids is 2. The first-order valence-electron chi connectivity index (χ1n) is 14.6. The lowest BCUT2D eigenvalue weighted by Crippen LogP contribution is -2.54. The number of hydrogen-bond donors (Lipinski definition) is 2. The van der Waals surface area contributed by atoms with Crippen LogP contribution in [0.5, 0.6) is 17.2 Å². The largest absolute Gasteiger partial charge is 0.493 e. The van der Waals surface area contributed by atoms with E-state index in [-0.39, 0.29) is 12.0 Å². The van der Waals surface area contributed by atoms with Crippen molar-refractivity contribution >= 4 is 33.9 Å². The fraction of sp³-hybridized carbons (Fsp3) is 0.364. The van der Waals surface area contributed by atoms with E-state index in [9.17, 15) is 22.8 Å². The van der Waals surface area contributed by atoms with Crippen LogP contribution in [0.1, 0.15) is 36.1 Å². The molecular formula is C33H38N2O10S2. The van der Waals surface area contributed by atoms with Crippen LogP contribution in [0.3, 0.4) is 0 Å². The molecule has 0 aromatic heterocycles. The molecule has 3 atom stereocenters. The van der Waals surface area contributed by atoms with E-state index >= 15 is 0 Å². The lowest BCUT2D eigenvalue weighted by atomic mass is 9.95. The van der Waals surface area contributed by atoms with Crippen LogP contribution >= 0.6 is 11.8 Å². The maximum Gasteiger partial charge on any atom is 0.408 e. The van der Waals surface area contributed by atoms with Gasteiger partial charge in [-0.2, -0.15) is 8.42 Å². The Bertz CT molecular complexity index is 1780. The number of hydrogen-bond acceptors (Lipinski definition) is 11. The summed E-state index contributed by atoms with van der Waals surface area (Å²) in [7, 11) is 0.509. The van der Waals surface area contributed by atoms with Gasteiger partial charge < -0.3 is 29.6 Å². The molecule has 0 saturated carbocycles. The Morgan fingerprint density at radius 1 is 1.00 bits per heavy atom. The monoisotopic (exact) mass is 686 g/mol. The van der Waals surface area contributed by atoms with Crippen LogP contribution in [0.15, 0.2) is 64.3 Å². The van der Waals surface area contributed by atoms with E-state index in [0.717, 1.165) is 11.8 Å². The lowest BCUT2D eigenvalue weighted by molar-refractivity contribution is -0.125. The van der Waals surface area contributed by atoms with Gasteiger partial charge >= 0.3 is 6.09 Å². The molecule has 47 heavy (non-hydrogen) atoms. The quantitative estimate of drug-likeness (QED) is 0.208. The molecule has 14 heteroatoms. The standard InChI is InChI=1S/C33H38N2O10S2/c1-19(45-47(6,39)40)29(35-33(38)44-18-20-10-8-7-9-11-20)32(37)34-24-14-12-21-16-26(41-2)30(42-3)31(43-4)28(21)22-13-15-27(46-5)25(36)17-23(22)24/h7-11,13,15-17,19,24,29H,12,14,18H2,1-6H3,(H,34,37)(H,35,38)/t19?,24-,29?/m0/s1. The average Bonchev–Trinajstić information content (AvgIpc) is 3.29. The highest BCUT2D eigenvalue weighted by atomic mass is 32.2. The summed E-state index contributed by atoms with van der Waals surface area (Å²) in [5, 5.41) is 5.40. The number of fused-ring (bicyclic) bond motifs is 3. The minimum Gasteiger partial charge on any atom is -0.493 e. The van der Waals surface area contributed by atoms with Crippen molar-refractivity contribution in [3.05, 3.63) is 81.5 Å². The van der Waals surface area contributed by atoms with E-state index in [1.807, 2.05) is 12.1 Å². The van der Waals surface area contributed by atoms with E-state index in [0.29, 0.717) is 57.2 Å². The Hall–Kier alpha value is -4.27. The van der Waals surface area contributed by atoms with Crippen LogP contribution in [0, 0.1) is 0 Å². The number of nitrogens with one attached hydrogen (secondary N) is 2. The third kappa shape index (κ3) is 8.56. The van der Waals surface area contributed by atoms with E-state index < -0.39 is 40.3 Å². The minimum atomic E-state index is -4.01. The molecule has 1 aliphatic rings. The topological polar surface area (TPSA) is 156 Å². The number of benzene rings is 2. The molecule has 0 radical (unpaired) electrons. The van der Waals surface area contributed by atoms with Crippen LogP contribution in [0.2, 0.25) is 0 Å². The summed E-state index contributed by atoms with van der Waals surface area (Å²) in [5.74, 6) is 0.471. The first-order chi connectivity index (χ1) is 22.4. The Balaban J connectivity index is 1.75. The molecule has 3 aromatic rings. The van der Waals surface area contributed by atoms with Crippen molar-refractivity contribution in [3.8, 4) is 28.4 Å². The summed E-state index contributed by atoms with van der Waals surface area (Å²) in [4.78, 5) is 40.6. The van der Waals surface area contributed by atoms with Gasteiger partial charge in [0.1, 0.15) is 18.8 Å². The summed E-state index contributed by atoms with van der Waals surface area (Å²) in [6.07, 6.45) is 1.13. The number of amides is 2. The molecule has 2 amide bonds. The van der Waals surface area contributed by atoms with E-state index in [4.69, 9.17) is 23.1 Å². The summed E-state index contributed by atoms with van der Waals surface area (Å²) in [5.41, 5.74) is 3.07. The SMILES string of the molecule is COc1cc2c(c(OC)c1OC)-c1ccc(SC)c(=O)cc1[C@@H](NC(=O)C(NC(=O)OCc1ccccc1)C(C)OS(C)(=O)=O)CC2. The van der Waals surface area contributed by atoms with Gasteiger partial charge in [0.2, 0.25) is 11.7 Å². The van der Waals surface area contributed by atoms with Crippen LogP contribution in [-0.4, -0.2) is 66.4 Å². The summed E-state index contributed by atoms with van der Waals surface area (Å²) in [6, 6.07) is 13.5. The molecular weight excluding hydrogens is 649 g/mol. The Morgan fingerprint density at radius 2 is 1.70 bits per heavy atom. The zero-order valence-corrected chi connectivity index (χ0v) is 28.6. The van der Waals surface area contributed by atoms with E-state index in [1.54, 1.807) is 42.7 Å². The maximum absolute atomic E-state index is 14.0. The van der Waals surface area contributed by atoms with Crippen molar-refractivity contribution in [2.45, 2.75) is 49.5 Å². The van der Waals surface area contributed by atoms with E-state index in [1.165, 1.54) is 46.1 Å². The summed E-state index contributed by atoms with van der Waals surface area (Å²) < 4.78 is 51.5. The molecule has 0 fully saturated rings. The van der Waals surface area contributed by atoms with Gasteiger partial charge in [0.25, 0.3) is 10.1 Å². The molecule has 2 N–H and O–H groups in total. The van der Waals surface area contributed by atoms with Gasteiger partial charge in [-0.05, 0) is 66.5 Å². The Morgan fingerprint density at radius 3 is 2.32 bits per heavy atom. The first kappa shape index (κ1) is 35.6. The highest BCUT2D eigenvalue weighted by Crippen LogP contribution is 2.50. The molecule has 0 spiro atoms. The van der Waals surface area contributed by atoms with E-state index in [2.05, 4.69) is 10.6 Å². The Kier molecular flexibility index (Phi) is 11.8. The van der Waals surface area contributed by atoms with Crippen molar-refractivity contribution in [1.82, 2.24) is 10.6 Å². The number of aryl methyl sites for hydroxylation is 1. The molecule has 0 saturated heterocycles. The molecule has 2 unspecified atom stereocenters. The third-order valence-corrected chi connectivity index (χ3v) is 9.03. The molecule has 1 aliphatic carbocycles. The second kappa shape index (κ2) is 15.5. The molecule has 0 bridgehead atoms. The van der Waals surface area contributed by atoms with Gasteiger partial charge in [-0.25, -0.2) is 4.79 Å². The number of methoxy groups -OCH3 is 3. The lowest BCUT2D eigenvalue weighted by Gasteiger charge is -2.26. The molecule has 12 nitrogen and oxygen atoms in total. The fourth-order valence-corrected chi connectivity index (χ4v) is 6.62. The van der Waals surface area contributed by atoms with Crippen molar-refractivity contribution in [2.75, 3.05) is 33.8 Å². The number of alkyl carbamates (subject to hydrolysis) is 1. The van der Waals surface area contributed by atoms with Gasteiger partial charge in [0.15, 0.2) is 16.9 Å². The van der Waals surface area contributed by atoms with Crippen LogP contribution < -0.4 is 30.3 Å². The average molecular weight is 687 g/mol. The summed E-state index contributed by atoms with van der Waals surface area (Å²) >= 11 is 1.29. The van der Waals surface area contributed by atoms with Crippen molar-refractivity contribution in [1.29, 1.82) is 0 Å². The van der Waals surface area contributed by atoms with Gasteiger partial charge in [0, 0.05) is 5.56 Å². The van der Waals surface area contributed by atoms with Crippen molar-refractivity contribution in [3.63, 3.8) is 0 Å². The molecule has 252 valence electrons. The van der Waals surface area contributed by atoms with Crippen LogP contribution in [-0.2, 0) is 36.9 Å². The van der Waals surface area contributed by atoms with Crippen molar-refractivity contribution < 1.29 is 41.1 Å². The zero-order valence-electron chi connectivity index (χ0n) is 26.9. The Labute approximate surface area is 278 Å². The summed E-state index contributed by atoms with van der Waals surface area (Å²) in [6.45, 7) is 1.27. The van der Waals surface area contributed by atoms with Gasteiger partial charge in [-0.1, -0.05) is 36.4 Å². The number of carbonyl (C=O) groups is 2. The maximum atomic E-state index is 14.0. The zero-order chi connectivity index (χ0) is 34.3. The van der Waals surface area contributed by atoms with Crippen LogP contribution in [0.25, 0.3) is 11.1 Å². The third-order valence-electron chi connectivity index (χ3n) is 7.60. The highest BCUT2D eigenvalue weighted by Gasteiger charge is 2.35. The number of ether oxygens (including phenoxy) is 4. The van der Waals surface area contributed by atoms with Gasteiger partial charge in [-0.15, -0.1) is 11.8 Å². The molecule has 3 aromatic carbocycles. The minimum absolute atomic E-state index is 0.0775. The number of rotatable bonds is 12.